The van der Waals surface area contributed by atoms with Crippen molar-refractivity contribution in [2.45, 2.75) is 44.2 Å². The Morgan fingerprint density at radius 3 is 2.85 bits per heavy atom. The highest BCUT2D eigenvalue weighted by atomic mass is 16.2. The maximum Gasteiger partial charge on any atom is 0.270 e. The Kier molecular flexibility index (Phi) is 3.87. The summed E-state index contributed by atoms with van der Waals surface area (Å²) in [6, 6.07) is 5.44. The number of amides is 1. The highest BCUT2D eigenvalue weighted by molar-refractivity contribution is 5.92. The summed E-state index contributed by atoms with van der Waals surface area (Å²) in [5, 5.41) is 3.51. The molecule has 2 atom stereocenters. The summed E-state index contributed by atoms with van der Waals surface area (Å²) in [5.74, 6) is -0.0406. The standard InChI is InChI=1S/C15H21N3O2/c19-14-8-3-5-12(17-14)15(20)18-10-2-1-7-13(18)11-6-4-9-16-11/h3,5,8,11,13,16H,1-2,4,6-7,9-10H2,(H,17,19). The quantitative estimate of drug-likeness (QED) is 0.850. The van der Waals surface area contributed by atoms with Gasteiger partial charge >= 0.3 is 0 Å². The smallest absolute Gasteiger partial charge is 0.270 e. The first-order valence-corrected chi connectivity index (χ1v) is 7.49. The van der Waals surface area contributed by atoms with Gasteiger partial charge in [0.25, 0.3) is 5.91 Å². The molecule has 2 saturated heterocycles. The van der Waals surface area contributed by atoms with Crippen LogP contribution < -0.4 is 10.9 Å². The van der Waals surface area contributed by atoms with E-state index in [1.807, 2.05) is 4.90 Å². The van der Waals surface area contributed by atoms with Gasteiger partial charge in [0.05, 0.1) is 0 Å². The van der Waals surface area contributed by atoms with E-state index in [1.54, 1.807) is 12.1 Å². The zero-order chi connectivity index (χ0) is 13.9. The molecule has 1 amide bonds. The molecular weight excluding hydrogens is 254 g/mol. The molecule has 108 valence electrons. The topological polar surface area (TPSA) is 65.2 Å². The number of piperidine rings is 1. The van der Waals surface area contributed by atoms with Crippen molar-refractivity contribution in [1.82, 2.24) is 15.2 Å². The Bertz CT molecular complexity index is 534. The van der Waals surface area contributed by atoms with Gasteiger partial charge in [-0.15, -0.1) is 0 Å². The average Bonchev–Trinajstić information content (AvgIpc) is 3.00. The van der Waals surface area contributed by atoms with Gasteiger partial charge in [-0.2, -0.15) is 0 Å². The van der Waals surface area contributed by atoms with Crippen molar-refractivity contribution in [3.63, 3.8) is 0 Å². The molecule has 0 aliphatic carbocycles. The number of H-pyrrole nitrogens is 1. The van der Waals surface area contributed by atoms with Crippen LogP contribution in [-0.2, 0) is 0 Å². The molecule has 2 fully saturated rings. The third-order valence-electron chi connectivity index (χ3n) is 4.37. The summed E-state index contributed by atoms with van der Waals surface area (Å²) >= 11 is 0. The van der Waals surface area contributed by atoms with E-state index in [1.165, 1.54) is 18.9 Å². The van der Waals surface area contributed by atoms with Crippen molar-refractivity contribution < 1.29 is 4.79 Å². The first-order valence-electron chi connectivity index (χ1n) is 7.49. The fraction of sp³-hybridized carbons (Fsp3) is 0.600. The minimum absolute atomic E-state index is 0.0406. The van der Waals surface area contributed by atoms with Crippen molar-refractivity contribution in [1.29, 1.82) is 0 Å². The Balaban J connectivity index is 1.82. The van der Waals surface area contributed by atoms with Crippen LogP contribution >= 0.6 is 0 Å². The molecule has 5 heteroatoms. The SMILES string of the molecule is O=C(c1cccc(=O)[nH]1)N1CCCCC1C1CCCN1. The predicted octanol–water partition coefficient (Wildman–Crippen LogP) is 1.12. The molecule has 5 nitrogen and oxygen atoms in total. The molecule has 0 aromatic carbocycles. The van der Waals surface area contributed by atoms with Gasteiger partial charge in [0, 0.05) is 24.7 Å². The summed E-state index contributed by atoms with van der Waals surface area (Å²) in [4.78, 5) is 28.6. The lowest BCUT2D eigenvalue weighted by Gasteiger charge is -2.39. The highest BCUT2D eigenvalue weighted by Gasteiger charge is 2.34. The third kappa shape index (κ3) is 2.63. The van der Waals surface area contributed by atoms with Gasteiger partial charge in [-0.3, -0.25) is 9.59 Å². The Labute approximate surface area is 118 Å². The Morgan fingerprint density at radius 1 is 1.20 bits per heavy atom. The van der Waals surface area contributed by atoms with Gasteiger partial charge in [-0.05, 0) is 44.7 Å². The van der Waals surface area contributed by atoms with Gasteiger partial charge in [0.2, 0.25) is 5.56 Å². The number of hydrogen-bond donors (Lipinski definition) is 2. The molecule has 2 unspecified atom stereocenters. The summed E-state index contributed by atoms with van der Waals surface area (Å²) in [5.41, 5.74) is 0.186. The van der Waals surface area contributed by atoms with E-state index >= 15 is 0 Å². The third-order valence-corrected chi connectivity index (χ3v) is 4.37. The Hall–Kier alpha value is -1.62. The zero-order valence-corrected chi connectivity index (χ0v) is 11.6. The molecule has 0 bridgehead atoms. The van der Waals surface area contributed by atoms with E-state index in [0.29, 0.717) is 11.7 Å². The fourth-order valence-corrected chi connectivity index (χ4v) is 3.40. The maximum atomic E-state index is 12.6. The Morgan fingerprint density at radius 2 is 2.10 bits per heavy atom. The molecule has 2 N–H and O–H groups in total. The number of rotatable bonds is 2. The number of likely N-dealkylation sites (tertiary alicyclic amines) is 1. The number of aromatic amines is 1. The van der Waals surface area contributed by atoms with Crippen molar-refractivity contribution in [2.24, 2.45) is 0 Å². The molecule has 0 saturated carbocycles. The van der Waals surface area contributed by atoms with E-state index in [9.17, 15) is 9.59 Å². The van der Waals surface area contributed by atoms with E-state index < -0.39 is 0 Å². The van der Waals surface area contributed by atoms with Crippen LogP contribution in [0.5, 0.6) is 0 Å². The molecule has 1 aromatic heterocycles. The van der Waals surface area contributed by atoms with Crippen molar-refractivity contribution >= 4 is 5.91 Å². The average molecular weight is 275 g/mol. The number of aromatic nitrogens is 1. The van der Waals surface area contributed by atoms with E-state index in [2.05, 4.69) is 10.3 Å². The molecular formula is C15H21N3O2. The highest BCUT2D eigenvalue weighted by Crippen LogP contribution is 2.25. The molecule has 3 heterocycles. The second-order valence-corrected chi connectivity index (χ2v) is 5.69. The molecule has 2 aliphatic rings. The lowest BCUT2D eigenvalue weighted by molar-refractivity contribution is 0.0557. The number of carbonyl (C=O) groups is 1. The van der Waals surface area contributed by atoms with Crippen LogP contribution in [0.2, 0.25) is 0 Å². The second-order valence-electron chi connectivity index (χ2n) is 5.69. The molecule has 0 radical (unpaired) electrons. The second kappa shape index (κ2) is 5.79. The number of hydrogen-bond acceptors (Lipinski definition) is 3. The molecule has 1 aromatic rings. The summed E-state index contributed by atoms with van der Waals surface area (Å²) < 4.78 is 0. The number of nitrogens with one attached hydrogen (secondary N) is 2. The van der Waals surface area contributed by atoms with Crippen LogP contribution in [0.25, 0.3) is 0 Å². The van der Waals surface area contributed by atoms with Crippen LogP contribution in [0.3, 0.4) is 0 Å². The number of nitrogens with zero attached hydrogens (tertiary/aromatic N) is 1. The first-order chi connectivity index (χ1) is 9.75. The maximum absolute atomic E-state index is 12.6. The minimum atomic E-state index is -0.219. The van der Waals surface area contributed by atoms with Crippen LogP contribution in [-0.4, -0.2) is 41.0 Å². The lowest BCUT2D eigenvalue weighted by Crippen LogP contribution is -2.52. The monoisotopic (exact) mass is 275 g/mol. The normalized spacial score (nSPS) is 26.7. The fourth-order valence-electron chi connectivity index (χ4n) is 3.40. The summed E-state index contributed by atoms with van der Waals surface area (Å²) in [6.07, 6.45) is 5.61. The molecule has 0 spiro atoms. The minimum Gasteiger partial charge on any atom is -0.333 e. The van der Waals surface area contributed by atoms with Gasteiger partial charge < -0.3 is 15.2 Å². The van der Waals surface area contributed by atoms with E-state index in [0.717, 1.165) is 32.4 Å². The number of carbonyl (C=O) groups excluding carboxylic acids is 1. The van der Waals surface area contributed by atoms with E-state index in [-0.39, 0.29) is 17.5 Å². The van der Waals surface area contributed by atoms with Crippen LogP contribution in [0.1, 0.15) is 42.6 Å². The van der Waals surface area contributed by atoms with Gasteiger partial charge in [-0.25, -0.2) is 0 Å². The van der Waals surface area contributed by atoms with Crippen molar-refractivity contribution in [3.8, 4) is 0 Å². The molecule has 2 aliphatic heterocycles. The lowest BCUT2D eigenvalue weighted by atomic mass is 9.94. The van der Waals surface area contributed by atoms with Crippen molar-refractivity contribution in [2.75, 3.05) is 13.1 Å². The predicted molar refractivity (Wildman–Crippen MR) is 76.8 cm³/mol. The molecule has 3 rings (SSSR count). The van der Waals surface area contributed by atoms with Crippen LogP contribution in [0.4, 0.5) is 0 Å². The summed E-state index contributed by atoms with van der Waals surface area (Å²) in [7, 11) is 0. The zero-order valence-electron chi connectivity index (χ0n) is 11.6. The first kappa shape index (κ1) is 13.4. The van der Waals surface area contributed by atoms with E-state index in [4.69, 9.17) is 0 Å². The van der Waals surface area contributed by atoms with Gasteiger partial charge in [0.15, 0.2) is 0 Å². The van der Waals surface area contributed by atoms with Gasteiger partial charge in [0.1, 0.15) is 5.69 Å². The van der Waals surface area contributed by atoms with Crippen molar-refractivity contribution in [3.05, 3.63) is 34.2 Å². The van der Waals surface area contributed by atoms with Crippen LogP contribution in [0, 0.1) is 0 Å². The summed E-state index contributed by atoms with van der Waals surface area (Å²) in [6.45, 7) is 1.84. The molecule has 20 heavy (non-hydrogen) atoms. The number of pyridine rings is 1. The van der Waals surface area contributed by atoms with Crippen LogP contribution in [0.15, 0.2) is 23.0 Å². The van der Waals surface area contributed by atoms with Gasteiger partial charge in [-0.1, -0.05) is 6.07 Å². The largest absolute Gasteiger partial charge is 0.333 e.